The van der Waals surface area contributed by atoms with E-state index in [9.17, 15) is 14.4 Å². The van der Waals surface area contributed by atoms with E-state index in [1.54, 1.807) is 36.4 Å². The predicted octanol–water partition coefficient (Wildman–Crippen LogP) is 4.06. The lowest BCUT2D eigenvalue weighted by molar-refractivity contribution is -0.116. The summed E-state index contributed by atoms with van der Waals surface area (Å²) in [5, 5.41) is 9.32. The van der Waals surface area contributed by atoms with Gasteiger partial charge in [0.15, 0.2) is 5.13 Å². The number of thiazole rings is 1. The zero-order valence-corrected chi connectivity index (χ0v) is 17.2. The Morgan fingerprint density at radius 3 is 2.55 bits per heavy atom. The third kappa shape index (κ3) is 6.00. The van der Waals surface area contributed by atoms with E-state index in [1.807, 2.05) is 6.07 Å². The monoisotopic (exact) mass is 430 g/mol. The fraction of sp³-hybridized carbons (Fsp3) is 0.200. The van der Waals surface area contributed by atoms with Crippen molar-refractivity contribution in [1.29, 1.82) is 0 Å². The number of hydrogen-bond donors (Lipinski definition) is 3. The van der Waals surface area contributed by atoms with Crippen LogP contribution in [0.25, 0.3) is 10.2 Å². The third-order valence-electron chi connectivity index (χ3n) is 3.93. The van der Waals surface area contributed by atoms with Gasteiger partial charge in [0, 0.05) is 36.2 Å². The molecule has 0 aliphatic rings. The molecule has 3 rings (SSSR count). The molecule has 150 valence electrons. The standard InChI is InChI=1S/C20H19ClN4O3S/c1-12(26)23-15-8-9-16-17(11-15)29-20(24-16)25-18(27)3-2-10-22-19(28)13-4-6-14(21)7-5-13/h4-9,11H,2-3,10H2,1H3,(H,22,28)(H,23,26)(H,24,25,27). The molecule has 0 atom stereocenters. The average Bonchev–Trinajstić information content (AvgIpc) is 3.06. The molecule has 0 fully saturated rings. The Morgan fingerprint density at radius 1 is 1.07 bits per heavy atom. The summed E-state index contributed by atoms with van der Waals surface area (Å²) in [7, 11) is 0. The summed E-state index contributed by atoms with van der Waals surface area (Å²) in [6, 6.07) is 12.0. The van der Waals surface area contributed by atoms with Crippen LogP contribution in [0.2, 0.25) is 5.02 Å². The van der Waals surface area contributed by atoms with Crippen LogP contribution in [0.5, 0.6) is 0 Å². The third-order valence-corrected chi connectivity index (χ3v) is 5.11. The quantitative estimate of drug-likeness (QED) is 0.492. The van der Waals surface area contributed by atoms with Crippen molar-refractivity contribution in [2.45, 2.75) is 19.8 Å². The van der Waals surface area contributed by atoms with E-state index in [0.717, 1.165) is 10.2 Å². The maximum absolute atomic E-state index is 12.1. The Hall–Kier alpha value is -2.97. The first-order valence-electron chi connectivity index (χ1n) is 8.92. The number of carbonyl (C=O) groups excluding carboxylic acids is 3. The lowest BCUT2D eigenvalue weighted by Gasteiger charge is -2.05. The molecule has 0 unspecified atom stereocenters. The van der Waals surface area contributed by atoms with Gasteiger partial charge in [-0.3, -0.25) is 14.4 Å². The number of fused-ring (bicyclic) bond motifs is 1. The van der Waals surface area contributed by atoms with E-state index in [4.69, 9.17) is 11.6 Å². The Morgan fingerprint density at radius 2 is 1.83 bits per heavy atom. The molecule has 0 spiro atoms. The summed E-state index contributed by atoms with van der Waals surface area (Å²) in [4.78, 5) is 39.6. The molecule has 3 amide bonds. The summed E-state index contributed by atoms with van der Waals surface area (Å²) < 4.78 is 0.863. The fourth-order valence-corrected chi connectivity index (χ4v) is 3.64. The zero-order valence-electron chi connectivity index (χ0n) is 15.6. The molecule has 0 aliphatic carbocycles. The maximum atomic E-state index is 12.1. The van der Waals surface area contributed by atoms with Crippen LogP contribution in [0.15, 0.2) is 42.5 Å². The van der Waals surface area contributed by atoms with E-state index in [2.05, 4.69) is 20.9 Å². The van der Waals surface area contributed by atoms with Gasteiger partial charge in [0.25, 0.3) is 5.91 Å². The summed E-state index contributed by atoms with van der Waals surface area (Å²) in [6.07, 6.45) is 0.761. The molecule has 0 radical (unpaired) electrons. The molecule has 3 N–H and O–H groups in total. The molecule has 29 heavy (non-hydrogen) atoms. The first-order chi connectivity index (χ1) is 13.9. The van der Waals surface area contributed by atoms with Crippen molar-refractivity contribution in [3.8, 4) is 0 Å². The van der Waals surface area contributed by atoms with Crippen molar-refractivity contribution >= 4 is 61.7 Å². The molecule has 0 aliphatic heterocycles. The zero-order chi connectivity index (χ0) is 20.8. The number of aromatic nitrogens is 1. The average molecular weight is 431 g/mol. The highest BCUT2D eigenvalue weighted by Gasteiger charge is 2.10. The second kappa shape index (κ2) is 9.49. The molecule has 9 heteroatoms. The van der Waals surface area contributed by atoms with Crippen LogP contribution in [-0.2, 0) is 9.59 Å². The highest BCUT2D eigenvalue weighted by atomic mass is 35.5. The number of nitrogens with zero attached hydrogens (tertiary/aromatic N) is 1. The van der Waals surface area contributed by atoms with Crippen molar-refractivity contribution in [1.82, 2.24) is 10.3 Å². The summed E-state index contributed by atoms with van der Waals surface area (Å²) in [5.74, 6) is -0.527. The number of rotatable bonds is 7. The normalized spacial score (nSPS) is 10.6. The summed E-state index contributed by atoms with van der Waals surface area (Å²) >= 11 is 7.14. The number of nitrogens with one attached hydrogen (secondary N) is 3. The van der Waals surface area contributed by atoms with Crippen LogP contribution in [0.1, 0.15) is 30.1 Å². The van der Waals surface area contributed by atoms with Crippen molar-refractivity contribution < 1.29 is 14.4 Å². The Bertz CT molecular complexity index is 1050. The van der Waals surface area contributed by atoms with Crippen molar-refractivity contribution in [2.75, 3.05) is 17.2 Å². The smallest absolute Gasteiger partial charge is 0.251 e. The number of carbonyl (C=O) groups is 3. The van der Waals surface area contributed by atoms with E-state index in [0.29, 0.717) is 34.4 Å². The molecule has 0 saturated heterocycles. The largest absolute Gasteiger partial charge is 0.352 e. The van der Waals surface area contributed by atoms with Crippen molar-refractivity contribution in [2.24, 2.45) is 0 Å². The molecule has 0 saturated carbocycles. The fourth-order valence-electron chi connectivity index (χ4n) is 2.60. The van der Waals surface area contributed by atoms with Gasteiger partial charge in [-0.2, -0.15) is 0 Å². The van der Waals surface area contributed by atoms with E-state index in [1.165, 1.54) is 18.3 Å². The Balaban J connectivity index is 1.46. The number of halogens is 1. The SMILES string of the molecule is CC(=O)Nc1ccc2nc(NC(=O)CCCNC(=O)c3ccc(Cl)cc3)sc2c1. The topological polar surface area (TPSA) is 100 Å². The molecule has 3 aromatic rings. The van der Waals surface area contributed by atoms with Crippen LogP contribution in [0.3, 0.4) is 0 Å². The predicted molar refractivity (Wildman–Crippen MR) is 116 cm³/mol. The first kappa shape index (κ1) is 20.8. The molecule has 1 heterocycles. The lowest BCUT2D eigenvalue weighted by Crippen LogP contribution is -2.25. The Labute approximate surface area is 176 Å². The van der Waals surface area contributed by atoms with Gasteiger partial charge in [0.1, 0.15) is 0 Å². The van der Waals surface area contributed by atoms with Gasteiger partial charge in [-0.25, -0.2) is 4.98 Å². The summed E-state index contributed by atoms with van der Waals surface area (Å²) in [5.41, 5.74) is 1.95. The maximum Gasteiger partial charge on any atom is 0.251 e. The molecule has 2 aromatic carbocycles. The van der Waals surface area contributed by atoms with Gasteiger partial charge in [-0.1, -0.05) is 22.9 Å². The van der Waals surface area contributed by atoms with Gasteiger partial charge in [0.2, 0.25) is 11.8 Å². The molecule has 7 nitrogen and oxygen atoms in total. The molecular weight excluding hydrogens is 412 g/mol. The molecule has 1 aromatic heterocycles. The van der Waals surface area contributed by atoms with Gasteiger partial charge >= 0.3 is 0 Å². The lowest BCUT2D eigenvalue weighted by atomic mass is 10.2. The number of anilines is 2. The first-order valence-corrected chi connectivity index (χ1v) is 10.1. The minimum Gasteiger partial charge on any atom is -0.352 e. The van der Waals surface area contributed by atoms with Crippen molar-refractivity contribution in [3.63, 3.8) is 0 Å². The van der Waals surface area contributed by atoms with Crippen LogP contribution in [0, 0.1) is 0 Å². The molecule has 0 bridgehead atoms. The van der Waals surface area contributed by atoms with Crippen LogP contribution >= 0.6 is 22.9 Å². The van der Waals surface area contributed by atoms with E-state index >= 15 is 0 Å². The van der Waals surface area contributed by atoms with Crippen LogP contribution in [0.4, 0.5) is 10.8 Å². The van der Waals surface area contributed by atoms with E-state index < -0.39 is 0 Å². The van der Waals surface area contributed by atoms with Crippen molar-refractivity contribution in [3.05, 3.63) is 53.1 Å². The summed E-state index contributed by atoms with van der Waals surface area (Å²) in [6.45, 7) is 1.83. The van der Waals surface area contributed by atoms with Gasteiger partial charge in [0.05, 0.1) is 10.2 Å². The highest BCUT2D eigenvalue weighted by Crippen LogP contribution is 2.28. The second-order valence-electron chi connectivity index (χ2n) is 6.30. The van der Waals surface area contributed by atoms with Crippen LogP contribution in [-0.4, -0.2) is 29.3 Å². The minimum atomic E-state index is -0.205. The van der Waals surface area contributed by atoms with Crippen LogP contribution < -0.4 is 16.0 Å². The highest BCUT2D eigenvalue weighted by molar-refractivity contribution is 7.22. The van der Waals surface area contributed by atoms with Gasteiger partial charge < -0.3 is 16.0 Å². The number of benzene rings is 2. The van der Waals surface area contributed by atoms with E-state index in [-0.39, 0.29) is 24.1 Å². The molecular formula is C20H19ClN4O3S. The minimum absolute atomic E-state index is 0.148. The second-order valence-corrected chi connectivity index (χ2v) is 7.76. The van der Waals surface area contributed by atoms with Gasteiger partial charge in [-0.05, 0) is 48.9 Å². The Kier molecular flexibility index (Phi) is 6.79. The van der Waals surface area contributed by atoms with Gasteiger partial charge in [-0.15, -0.1) is 0 Å². The number of hydrogen-bond acceptors (Lipinski definition) is 5. The number of amides is 3.